The highest BCUT2D eigenvalue weighted by atomic mass is 32.2. The molecule has 9 heteroatoms. The van der Waals surface area contributed by atoms with Gasteiger partial charge in [0.05, 0.1) is 4.90 Å². The molecule has 1 saturated heterocycles. The lowest BCUT2D eigenvalue weighted by Gasteiger charge is -2.16. The number of nitrogens with zero attached hydrogens (tertiary/aromatic N) is 1. The molecule has 1 aromatic rings. The molecule has 1 aliphatic heterocycles. The number of benzene rings is 1. The molecular weight excluding hydrogens is 309 g/mol. The van der Waals surface area contributed by atoms with Crippen LogP contribution in [0.4, 0.5) is 13.2 Å². The Labute approximate surface area is 119 Å². The molecule has 5 nitrogen and oxygen atoms in total. The number of alkyl halides is 3. The van der Waals surface area contributed by atoms with Gasteiger partial charge in [0.15, 0.2) is 0 Å². The quantitative estimate of drug-likeness (QED) is 0.886. The highest BCUT2D eigenvalue weighted by Gasteiger charge is 2.46. The number of hydrogen-bond acceptors (Lipinski definition) is 4. The molecule has 2 N–H and O–H groups in total. The minimum absolute atomic E-state index is 0.112. The predicted molar refractivity (Wildman–Crippen MR) is 68.2 cm³/mol. The van der Waals surface area contributed by atoms with Crippen LogP contribution in [0.1, 0.15) is 16.8 Å². The molecule has 2 rings (SSSR count). The number of carbonyl (C=O) groups excluding carboxylic acids is 1. The second kappa shape index (κ2) is 5.30. The van der Waals surface area contributed by atoms with Gasteiger partial charge < -0.3 is 10.6 Å². The summed E-state index contributed by atoms with van der Waals surface area (Å²) in [6.07, 6.45) is 0.659. The summed E-state index contributed by atoms with van der Waals surface area (Å²) in [7, 11) is -5.39. The van der Waals surface area contributed by atoms with E-state index in [-0.39, 0.29) is 17.5 Å². The smallest absolute Gasteiger partial charge is 0.337 e. The molecule has 1 aromatic carbocycles. The highest BCUT2D eigenvalue weighted by molar-refractivity contribution is 7.92. The number of hydrogen-bond donors (Lipinski definition) is 1. The van der Waals surface area contributed by atoms with Crippen molar-refractivity contribution in [3.63, 3.8) is 0 Å². The van der Waals surface area contributed by atoms with Crippen LogP contribution in [0, 0.1) is 0 Å². The molecule has 1 fully saturated rings. The zero-order valence-electron chi connectivity index (χ0n) is 10.8. The van der Waals surface area contributed by atoms with E-state index >= 15 is 0 Å². The van der Waals surface area contributed by atoms with Crippen LogP contribution < -0.4 is 5.73 Å². The van der Waals surface area contributed by atoms with Crippen molar-refractivity contribution in [1.29, 1.82) is 0 Å². The molecule has 0 aliphatic carbocycles. The number of nitrogens with two attached hydrogens (primary N) is 1. The van der Waals surface area contributed by atoms with Crippen molar-refractivity contribution in [3.8, 4) is 0 Å². The lowest BCUT2D eigenvalue weighted by molar-refractivity contribution is -0.0436. The summed E-state index contributed by atoms with van der Waals surface area (Å²) in [5, 5.41) is 0. The molecule has 0 saturated carbocycles. The SMILES string of the molecule is NC1CCN(C(=O)c2ccc(S(=O)(=O)C(F)(F)F)cc2)C1. The lowest BCUT2D eigenvalue weighted by atomic mass is 10.2. The summed E-state index contributed by atoms with van der Waals surface area (Å²) >= 11 is 0. The molecule has 1 amide bonds. The van der Waals surface area contributed by atoms with E-state index in [1.807, 2.05) is 0 Å². The first-order valence-electron chi connectivity index (χ1n) is 6.09. The van der Waals surface area contributed by atoms with Gasteiger partial charge in [-0.3, -0.25) is 4.79 Å². The largest absolute Gasteiger partial charge is 0.501 e. The van der Waals surface area contributed by atoms with E-state index < -0.39 is 20.2 Å². The molecule has 1 atom stereocenters. The normalized spacial score (nSPS) is 19.8. The molecule has 1 aliphatic rings. The molecule has 116 valence electrons. The minimum Gasteiger partial charge on any atom is -0.337 e. The van der Waals surface area contributed by atoms with Crippen LogP contribution in [0.5, 0.6) is 0 Å². The van der Waals surface area contributed by atoms with Gasteiger partial charge in [-0.25, -0.2) is 8.42 Å². The Bertz CT molecular complexity index is 641. The minimum atomic E-state index is -5.39. The summed E-state index contributed by atoms with van der Waals surface area (Å²) in [5.41, 5.74) is 0.441. The standard InChI is InChI=1S/C12H13F3N2O3S/c13-12(14,15)21(19,20)10-3-1-8(2-4-10)11(18)17-6-5-9(16)7-17/h1-4,9H,5-7,16H2. The monoisotopic (exact) mass is 322 g/mol. The molecule has 0 radical (unpaired) electrons. The number of rotatable bonds is 2. The maximum absolute atomic E-state index is 12.4. The third-order valence-electron chi connectivity index (χ3n) is 3.23. The third-order valence-corrected chi connectivity index (χ3v) is 4.73. The van der Waals surface area contributed by atoms with Crippen LogP contribution >= 0.6 is 0 Å². The number of halogens is 3. The Kier molecular flexibility index (Phi) is 3.98. The van der Waals surface area contributed by atoms with E-state index in [0.717, 1.165) is 24.3 Å². The fourth-order valence-electron chi connectivity index (χ4n) is 2.06. The van der Waals surface area contributed by atoms with Crippen LogP contribution in [0.3, 0.4) is 0 Å². The van der Waals surface area contributed by atoms with Crippen molar-refractivity contribution in [2.75, 3.05) is 13.1 Å². The maximum atomic E-state index is 12.4. The second-order valence-electron chi connectivity index (χ2n) is 4.77. The summed E-state index contributed by atoms with van der Waals surface area (Å²) in [6, 6.07) is 3.60. The molecule has 21 heavy (non-hydrogen) atoms. The predicted octanol–water partition coefficient (Wildman–Crippen LogP) is 1.15. The molecule has 1 heterocycles. The first kappa shape index (κ1) is 15.8. The van der Waals surface area contributed by atoms with Gasteiger partial charge in [-0.2, -0.15) is 13.2 Å². The zero-order chi connectivity index (χ0) is 15.8. The Hall–Kier alpha value is -1.61. The first-order chi connectivity index (χ1) is 9.63. The van der Waals surface area contributed by atoms with Crippen LogP contribution in [-0.2, 0) is 9.84 Å². The maximum Gasteiger partial charge on any atom is 0.501 e. The first-order valence-corrected chi connectivity index (χ1v) is 7.57. The molecule has 0 aromatic heterocycles. The van der Waals surface area contributed by atoms with Gasteiger partial charge in [0.2, 0.25) is 0 Å². The lowest BCUT2D eigenvalue weighted by Crippen LogP contribution is -2.31. The van der Waals surface area contributed by atoms with Gasteiger partial charge in [0.1, 0.15) is 0 Å². The van der Waals surface area contributed by atoms with Crippen molar-refractivity contribution in [2.45, 2.75) is 22.9 Å². The highest BCUT2D eigenvalue weighted by Crippen LogP contribution is 2.30. The van der Waals surface area contributed by atoms with E-state index in [4.69, 9.17) is 5.73 Å². The number of amides is 1. The van der Waals surface area contributed by atoms with Gasteiger partial charge in [0, 0.05) is 24.7 Å². The Balaban J connectivity index is 2.22. The summed E-state index contributed by atoms with van der Waals surface area (Å²) in [6.45, 7) is 0.851. The fraction of sp³-hybridized carbons (Fsp3) is 0.417. The van der Waals surface area contributed by atoms with Gasteiger partial charge >= 0.3 is 5.51 Å². The van der Waals surface area contributed by atoms with Gasteiger partial charge in [-0.15, -0.1) is 0 Å². The van der Waals surface area contributed by atoms with Crippen molar-refractivity contribution >= 4 is 15.7 Å². The van der Waals surface area contributed by atoms with E-state index in [1.165, 1.54) is 4.90 Å². The zero-order valence-corrected chi connectivity index (χ0v) is 11.6. The van der Waals surface area contributed by atoms with Crippen molar-refractivity contribution < 1.29 is 26.4 Å². The summed E-state index contributed by atoms with van der Waals surface area (Å²) < 4.78 is 59.6. The van der Waals surface area contributed by atoms with Crippen LogP contribution in [0.15, 0.2) is 29.2 Å². The summed E-state index contributed by atoms with van der Waals surface area (Å²) in [5.74, 6) is -0.376. The number of sulfone groups is 1. The second-order valence-corrected chi connectivity index (χ2v) is 6.71. The topological polar surface area (TPSA) is 80.5 Å². The van der Waals surface area contributed by atoms with Crippen LogP contribution in [0.2, 0.25) is 0 Å². The van der Waals surface area contributed by atoms with Crippen molar-refractivity contribution in [2.24, 2.45) is 5.73 Å². The van der Waals surface area contributed by atoms with Gasteiger partial charge in [-0.1, -0.05) is 0 Å². The number of likely N-dealkylation sites (tertiary alicyclic amines) is 1. The molecule has 0 spiro atoms. The van der Waals surface area contributed by atoms with E-state index in [9.17, 15) is 26.4 Å². The molecule has 0 bridgehead atoms. The van der Waals surface area contributed by atoms with Crippen molar-refractivity contribution in [3.05, 3.63) is 29.8 Å². The van der Waals surface area contributed by atoms with E-state index in [1.54, 1.807) is 0 Å². The average Bonchev–Trinajstić information content (AvgIpc) is 2.83. The van der Waals surface area contributed by atoms with Gasteiger partial charge in [0.25, 0.3) is 15.7 Å². The third kappa shape index (κ3) is 3.03. The van der Waals surface area contributed by atoms with Crippen LogP contribution in [0.25, 0.3) is 0 Å². The van der Waals surface area contributed by atoms with Gasteiger partial charge in [-0.05, 0) is 30.7 Å². The Morgan fingerprint density at radius 2 is 1.81 bits per heavy atom. The molecular formula is C12H13F3N2O3S. The number of carbonyl (C=O) groups is 1. The summed E-state index contributed by atoms with van der Waals surface area (Å²) in [4.78, 5) is 12.6. The van der Waals surface area contributed by atoms with Crippen molar-refractivity contribution in [1.82, 2.24) is 4.90 Å². The fourth-order valence-corrected chi connectivity index (χ4v) is 2.83. The Morgan fingerprint density at radius 3 is 2.24 bits per heavy atom. The Morgan fingerprint density at radius 1 is 1.24 bits per heavy atom. The molecule has 1 unspecified atom stereocenters. The van der Waals surface area contributed by atoms with Crippen LogP contribution in [-0.4, -0.2) is 43.9 Å². The van der Waals surface area contributed by atoms with E-state index in [2.05, 4.69) is 0 Å². The van der Waals surface area contributed by atoms with E-state index in [0.29, 0.717) is 19.5 Å². The average molecular weight is 322 g/mol.